The number of amides is 2. The number of carbonyl (C=O) groups excluding carboxylic acids is 2. The highest BCUT2D eigenvalue weighted by atomic mass is 32.2. The average molecular weight is 522 g/mol. The zero-order valence-electron chi connectivity index (χ0n) is 21.8. The second-order valence-corrected chi connectivity index (χ2v) is 10.9. The molecule has 0 aromatic heterocycles. The fraction of sp³-hybridized carbons (Fsp3) is 0.310. The van der Waals surface area contributed by atoms with Crippen molar-refractivity contribution < 1.29 is 18.0 Å². The number of para-hydroxylation sites is 1. The van der Waals surface area contributed by atoms with Crippen LogP contribution in [0.15, 0.2) is 83.8 Å². The molecule has 196 valence electrons. The number of nitrogens with one attached hydrogen (secondary N) is 1. The first kappa shape index (κ1) is 27.9. The van der Waals surface area contributed by atoms with Crippen LogP contribution in [0.5, 0.6) is 0 Å². The number of sulfonamides is 1. The van der Waals surface area contributed by atoms with Gasteiger partial charge in [0.1, 0.15) is 12.6 Å². The Balaban J connectivity index is 1.98. The molecule has 0 fully saturated rings. The Kier molecular flexibility index (Phi) is 9.47. The summed E-state index contributed by atoms with van der Waals surface area (Å²) in [6.45, 7) is 7.44. The first-order chi connectivity index (χ1) is 17.6. The SMILES string of the molecule is CCNC(=O)C(C)N(CCc1ccccc1)C(=O)CN(c1ccccc1C)S(=O)(=O)c1ccc(C)cc1. The van der Waals surface area contributed by atoms with E-state index in [2.05, 4.69) is 5.32 Å². The number of likely N-dealkylation sites (N-methyl/N-ethyl adjacent to an activating group) is 1. The van der Waals surface area contributed by atoms with Crippen LogP contribution in [0.4, 0.5) is 5.69 Å². The molecule has 8 heteroatoms. The van der Waals surface area contributed by atoms with Crippen LogP contribution in [-0.2, 0) is 26.0 Å². The minimum absolute atomic E-state index is 0.0989. The number of anilines is 1. The third-order valence-electron chi connectivity index (χ3n) is 6.27. The molecule has 7 nitrogen and oxygen atoms in total. The van der Waals surface area contributed by atoms with Gasteiger partial charge in [0.15, 0.2) is 0 Å². The molecule has 1 N–H and O–H groups in total. The molecule has 0 radical (unpaired) electrons. The fourth-order valence-electron chi connectivity index (χ4n) is 4.09. The lowest BCUT2D eigenvalue weighted by atomic mass is 10.1. The molecule has 0 saturated heterocycles. The van der Waals surface area contributed by atoms with E-state index in [1.54, 1.807) is 43.3 Å². The van der Waals surface area contributed by atoms with Gasteiger partial charge in [-0.2, -0.15) is 0 Å². The molecular formula is C29H35N3O4S. The summed E-state index contributed by atoms with van der Waals surface area (Å²) in [6, 6.07) is 22.5. The number of nitrogens with zero attached hydrogens (tertiary/aromatic N) is 2. The standard InChI is InChI=1S/C29H35N3O4S/c1-5-30-29(34)24(4)31(20-19-25-12-7-6-8-13-25)28(33)21-32(27-14-10-9-11-23(27)3)37(35,36)26-17-15-22(2)16-18-26/h6-18,24H,5,19-21H2,1-4H3,(H,30,34). The Labute approximate surface area is 220 Å². The van der Waals surface area contributed by atoms with Crippen molar-refractivity contribution in [3.63, 3.8) is 0 Å². The van der Waals surface area contributed by atoms with E-state index in [-0.39, 0.29) is 17.3 Å². The average Bonchev–Trinajstić information content (AvgIpc) is 2.88. The number of hydrogen-bond acceptors (Lipinski definition) is 4. The largest absolute Gasteiger partial charge is 0.355 e. The van der Waals surface area contributed by atoms with Gasteiger partial charge in [-0.05, 0) is 63.4 Å². The van der Waals surface area contributed by atoms with E-state index < -0.39 is 28.5 Å². The van der Waals surface area contributed by atoms with Crippen molar-refractivity contribution in [3.05, 3.63) is 95.6 Å². The molecule has 0 heterocycles. The lowest BCUT2D eigenvalue weighted by Gasteiger charge is -2.32. The highest BCUT2D eigenvalue weighted by Crippen LogP contribution is 2.27. The van der Waals surface area contributed by atoms with Gasteiger partial charge in [-0.1, -0.05) is 66.2 Å². The maximum absolute atomic E-state index is 13.8. The molecule has 1 atom stereocenters. The van der Waals surface area contributed by atoms with Crippen molar-refractivity contribution in [1.82, 2.24) is 10.2 Å². The molecule has 0 spiro atoms. The van der Waals surface area contributed by atoms with E-state index in [0.717, 1.165) is 21.0 Å². The molecule has 0 saturated carbocycles. The summed E-state index contributed by atoms with van der Waals surface area (Å²) in [7, 11) is -4.06. The van der Waals surface area contributed by atoms with Gasteiger partial charge in [0.25, 0.3) is 10.0 Å². The summed E-state index contributed by atoms with van der Waals surface area (Å²) in [5.41, 5.74) is 3.09. The smallest absolute Gasteiger partial charge is 0.264 e. The van der Waals surface area contributed by atoms with Gasteiger partial charge >= 0.3 is 0 Å². The number of aryl methyl sites for hydroxylation is 2. The van der Waals surface area contributed by atoms with Gasteiger partial charge in [-0.15, -0.1) is 0 Å². The molecule has 0 aliphatic heterocycles. The molecular weight excluding hydrogens is 486 g/mol. The van der Waals surface area contributed by atoms with Crippen molar-refractivity contribution in [3.8, 4) is 0 Å². The predicted octanol–water partition coefficient (Wildman–Crippen LogP) is 4.09. The summed E-state index contributed by atoms with van der Waals surface area (Å²) in [6.07, 6.45) is 0.533. The molecule has 0 aliphatic rings. The lowest BCUT2D eigenvalue weighted by molar-refractivity contribution is -0.138. The lowest BCUT2D eigenvalue weighted by Crippen LogP contribution is -2.52. The van der Waals surface area contributed by atoms with Gasteiger partial charge in [0.2, 0.25) is 11.8 Å². The topological polar surface area (TPSA) is 86.8 Å². The Morgan fingerprint density at radius 2 is 1.51 bits per heavy atom. The number of rotatable bonds is 11. The van der Waals surface area contributed by atoms with Crippen LogP contribution in [0.3, 0.4) is 0 Å². The summed E-state index contributed by atoms with van der Waals surface area (Å²) in [5, 5.41) is 2.77. The summed E-state index contributed by atoms with van der Waals surface area (Å²) < 4.78 is 28.8. The molecule has 1 unspecified atom stereocenters. The van der Waals surface area contributed by atoms with Gasteiger partial charge in [0.05, 0.1) is 10.6 Å². The molecule has 3 aromatic carbocycles. The molecule has 37 heavy (non-hydrogen) atoms. The Hall–Kier alpha value is -3.65. The number of benzene rings is 3. The third-order valence-corrected chi connectivity index (χ3v) is 8.05. The van der Waals surface area contributed by atoms with Crippen molar-refractivity contribution in [2.75, 3.05) is 23.9 Å². The van der Waals surface area contributed by atoms with E-state index in [0.29, 0.717) is 18.7 Å². The van der Waals surface area contributed by atoms with Crippen LogP contribution >= 0.6 is 0 Å². The normalized spacial score (nSPS) is 12.0. The van der Waals surface area contributed by atoms with E-state index in [4.69, 9.17) is 0 Å². The van der Waals surface area contributed by atoms with Crippen LogP contribution in [0, 0.1) is 13.8 Å². The predicted molar refractivity (Wildman–Crippen MR) is 147 cm³/mol. The second kappa shape index (κ2) is 12.5. The molecule has 3 rings (SSSR count). The maximum Gasteiger partial charge on any atom is 0.264 e. The first-order valence-corrected chi connectivity index (χ1v) is 13.8. The molecule has 3 aromatic rings. The van der Waals surface area contributed by atoms with E-state index in [9.17, 15) is 18.0 Å². The molecule has 0 bridgehead atoms. The van der Waals surface area contributed by atoms with E-state index in [1.165, 1.54) is 4.90 Å². The monoisotopic (exact) mass is 521 g/mol. The zero-order valence-corrected chi connectivity index (χ0v) is 22.7. The third kappa shape index (κ3) is 6.98. The van der Waals surface area contributed by atoms with Crippen LogP contribution in [0.1, 0.15) is 30.5 Å². The Morgan fingerprint density at radius 3 is 2.14 bits per heavy atom. The van der Waals surface area contributed by atoms with E-state index >= 15 is 0 Å². The van der Waals surface area contributed by atoms with Crippen LogP contribution in [-0.4, -0.2) is 50.8 Å². The number of carbonyl (C=O) groups is 2. The fourth-order valence-corrected chi connectivity index (χ4v) is 5.56. The van der Waals surface area contributed by atoms with E-state index in [1.807, 2.05) is 63.2 Å². The summed E-state index contributed by atoms with van der Waals surface area (Å²) in [4.78, 5) is 28.1. The van der Waals surface area contributed by atoms with Gasteiger partial charge in [-0.3, -0.25) is 13.9 Å². The molecule has 0 aliphatic carbocycles. The van der Waals surface area contributed by atoms with Crippen molar-refractivity contribution in [1.29, 1.82) is 0 Å². The maximum atomic E-state index is 13.8. The van der Waals surface area contributed by atoms with Crippen molar-refractivity contribution >= 4 is 27.5 Å². The van der Waals surface area contributed by atoms with Crippen LogP contribution < -0.4 is 9.62 Å². The second-order valence-electron chi connectivity index (χ2n) is 9.00. The quantitative estimate of drug-likeness (QED) is 0.412. The first-order valence-electron chi connectivity index (χ1n) is 12.4. The summed E-state index contributed by atoms with van der Waals surface area (Å²) in [5.74, 6) is -0.735. The minimum Gasteiger partial charge on any atom is -0.355 e. The Bertz CT molecular complexity index is 1310. The van der Waals surface area contributed by atoms with Gasteiger partial charge in [-0.25, -0.2) is 8.42 Å². The highest BCUT2D eigenvalue weighted by Gasteiger charge is 2.32. The number of hydrogen-bond donors (Lipinski definition) is 1. The zero-order chi connectivity index (χ0) is 27.0. The van der Waals surface area contributed by atoms with Crippen LogP contribution in [0.2, 0.25) is 0 Å². The van der Waals surface area contributed by atoms with Crippen molar-refractivity contribution in [2.24, 2.45) is 0 Å². The minimum atomic E-state index is -4.06. The summed E-state index contributed by atoms with van der Waals surface area (Å²) >= 11 is 0. The Morgan fingerprint density at radius 1 is 0.892 bits per heavy atom. The highest BCUT2D eigenvalue weighted by molar-refractivity contribution is 7.92. The van der Waals surface area contributed by atoms with Gasteiger partial charge in [0, 0.05) is 13.1 Å². The molecule has 2 amide bonds. The van der Waals surface area contributed by atoms with Crippen LogP contribution in [0.25, 0.3) is 0 Å². The van der Waals surface area contributed by atoms with Gasteiger partial charge < -0.3 is 10.2 Å². The van der Waals surface area contributed by atoms with Crippen molar-refractivity contribution in [2.45, 2.75) is 45.1 Å².